The molecular formula is C17H19NO6. The van der Waals surface area contributed by atoms with Crippen LogP contribution in [0.2, 0.25) is 0 Å². The number of hydrogen-bond acceptors (Lipinski definition) is 6. The Morgan fingerprint density at radius 1 is 1.17 bits per heavy atom. The van der Waals surface area contributed by atoms with Gasteiger partial charge < -0.3 is 9.47 Å². The predicted molar refractivity (Wildman–Crippen MR) is 85.7 cm³/mol. The number of methoxy groups -OCH3 is 1. The fraction of sp³-hybridized carbons (Fsp3) is 0.412. The Balaban J connectivity index is 2.15. The Kier molecular flexibility index (Phi) is 5.68. The number of allylic oxidation sites excluding steroid dienone is 2. The lowest BCUT2D eigenvalue weighted by Crippen LogP contribution is -2.21. The molecule has 0 radical (unpaired) electrons. The molecule has 0 saturated carbocycles. The van der Waals surface area contributed by atoms with Gasteiger partial charge in [-0.25, -0.2) is 9.59 Å². The van der Waals surface area contributed by atoms with E-state index in [1.54, 1.807) is 0 Å². The molecule has 0 heterocycles. The van der Waals surface area contributed by atoms with Gasteiger partial charge in [0.15, 0.2) is 0 Å². The molecule has 0 bridgehead atoms. The monoisotopic (exact) mass is 333 g/mol. The third-order valence-electron chi connectivity index (χ3n) is 4.13. The maximum absolute atomic E-state index is 12.2. The van der Waals surface area contributed by atoms with E-state index in [1.165, 1.54) is 6.07 Å². The Morgan fingerprint density at radius 3 is 2.38 bits per heavy atom. The fourth-order valence-corrected chi connectivity index (χ4v) is 2.58. The second-order valence-corrected chi connectivity index (χ2v) is 5.80. The first-order valence-corrected chi connectivity index (χ1v) is 7.62. The van der Waals surface area contributed by atoms with Crippen molar-refractivity contribution in [3.63, 3.8) is 0 Å². The van der Waals surface area contributed by atoms with Crippen LogP contribution in [0.15, 0.2) is 30.4 Å². The van der Waals surface area contributed by atoms with Crippen molar-refractivity contribution in [3.05, 3.63) is 51.6 Å². The molecule has 0 fully saturated rings. The lowest BCUT2D eigenvalue weighted by Gasteiger charge is -2.24. The molecule has 7 nitrogen and oxygen atoms in total. The highest BCUT2D eigenvalue weighted by Gasteiger charge is 2.22. The van der Waals surface area contributed by atoms with Gasteiger partial charge in [-0.2, -0.15) is 0 Å². The number of nitro benzene ring substituents is 1. The summed E-state index contributed by atoms with van der Waals surface area (Å²) < 4.78 is 9.85. The summed E-state index contributed by atoms with van der Waals surface area (Å²) in [4.78, 5) is 34.1. The van der Waals surface area contributed by atoms with Crippen LogP contribution in [0.1, 0.15) is 40.5 Å². The molecule has 128 valence electrons. The van der Waals surface area contributed by atoms with Gasteiger partial charge in [-0.05, 0) is 30.7 Å². The molecule has 1 aliphatic carbocycles. The molecule has 7 heteroatoms. The molecule has 1 aromatic rings. The van der Waals surface area contributed by atoms with Gasteiger partial charge in [0.1, 0.15) is 0 Å². The van der Waals surface area contributed by atoms with Crippen molar-refractivity contribution >= 4 is 17.6 Å². The van der Waals surface area contributed by atoms with Crippen LogP contribution >= 0.6 is 0 Å². The second kappa shape index (κ2) is 7.72. The number of non-ortho nitro benzene ring substituents is 1. The van der Waals surface area contributed by atoms with Crippen LogP contribution in [0.4, 0.5) is 5.69 Å². The van der Waals surface area contributed by atoms with Crippen molar-refractivity contribution in [3.8, 4) is 0 Å². The number of nitro groups is 1. The molecule has 0 spiro atoms. The first-order chi connectivity index (χ1) is 11.4. The van der Waals surface area contributed by atoms with E-state index < -0.39 is 16.9 Å². The van der Waals surface area contributed by atoms with Crippen LogP contribution in [0.25, 0.3) is 0 Å². The molecule has 0 aliphatic heterocycles. The van der Waals surface area contributed by atoms with Crippen molar-refractivity contribution in [1.82, 2.24) is 0 Å². The minimum Gasteiger partial charge on any atom is -0.465 e. The Morgan fingerprint density at radius 2 is 1.79 bits per heavy atom. The van der Waals surface area contributed by atoms with Crippen molar-refractivity contribution < 1.29 is 24.0 Å². The average molecular weight is 333 g/mol. The molecule has 1 aliphatic rings. The highest BCUT2D eigenvalue weighted by atomic mass is 16.6. The topological polar surface area (TPSA) is 95.7 Å². The fourth-order valence-electron chi connectivity index (χ4n) is 2.58. The summed E-state index contributed by atoms with van der Waals surface area (Å²) in [6.07, 6.45) is 5.93. The summed E-state index contributed by atoms with van der Waals surface area (Å²) in [7, 11) is 1.16. The summed E-state index contributed by atoms with van der Waals surface area (Å²) in [6.45, 7) is 2.32. The van der Waals surface area contributed by atoms with Crippen molar-refractivity contribution in [2.45, 2.75) is 19.8 Å². The Labute approximate surface area is 139 Å². The van der Waals surface area contributed by atoms with E-state index in [2.05, 4.69) is 23.8 Å². The van der Waals surface area contributed by atoms with Crippen LogP contribution < -0.4 is 0 Å². The number of rotatable bonds is 5. The summed E-state index contributed by atoms with van der Waals surface area (Å²) >= 11 is 0. The van der Waals surface area contributed by atoms with Gasteiger partial charge in [0, 0.05) is 12.1 Å². The zero-order valence-electron chi connectivity index (χ0n) is 13.6. The van der Waals surface area contributed by atoms with E-state index >= 15 is 0 Å². The number of carbonyl (C=O) groups excluding carboxylic acids is 2. The number of esters is 2. The normalized spacial score (nSPS) is 19.6. The lowest BCUT2D eigenvalue weighted by molar-refractivity contribution is -0.384. The standard InChI is InChI=1S/C17H19NO6/c1-11-5-3-4-6-12(11)10-24-17(20)14-7-13(16(19)23-2)8-15(9-14)18(21)22/h3-4,7-9,11-12H,5-6,10H2,1-2H3. The van der Waals surface area contributed by atoms with Gasteiger partial charge in [0.2, 0.25) is 0 Å². The average Bonchev–Trinajstić information content (AvgIpc) is 2.59. The predicted octanol–water partition coefficient (Wildman–Crippen LogP) is 3.14. The first-order valence-electron chi connectivity index (χ1n) is 7.62. The summed E-state index contributed by atoms with van der Waals surface area (Å²) in [5, 5.41) is 11.0. The van der Waals surface area contributed by atoms with E-state index in [9.17, 15) is 19.7 Å². The molecule has 0 N–H and O–H groups in total. The lowest BCUT2D eigenvalue weighted by atomic mass is 9.85. The molecular weight excluding hydrogens is 314 g/mol. The van der Waals surface area contributed by atoms with Gasteiger partial charge in [-0.3, -0.25) is 10.1 Å². The number of carbonyl (C=O) groups is 2. The quantitative estimate of drug-likeness (QED) is 0.355. The molecule has 2 atom stereocenters. The highest BCUT2D eigenvalue weighted by molar-refractivity contribution is 5.96. The molecule has 0 aromatic heterocycles. The Bertz CT molecular complexity index is 682. The smallest absolute Gasteiger partial charge is 0.338 e. The van der Waals surface area contributed by atoms with E-state index in [0.717, 1.165) is 32.1 Å². The zero-order valence-corrected chi connectivity index (χ0v) is 13.6. The minimum atomic E-state index is -0.751. The molecule has 0 amide bonds. The Hall–Kier alpha value is -2.70. The van der Waals surface area contributed by atoms with Gasteiger partial charge >= 0.3 is 11.9 Å². The highest BCUT2D eigenvalue weighted by Crippen LogP contribution is 2.26. The molecule has 0 saturated heterocycles. The van der Waals surface area contributed by atoms with Crippen molar-refractivity contribution in [1.29, 1.82) is 0 Å². The first kappa shape index (κ1) is 17.7. The molecule has 2 rings (SSSR count). The molecule has 2 unspecified atom stereocenters. The van der Waals surface area contributed by atoms with E-state index in [4.69, 9.17) is 4.74 Å². The second-order valence-electron chi connectivity index (χ2n) is 5.80. The minimum absolute atomic E-state index is 0.0383. The summed E-state index contributed by atoms with van der Waals surface area (Å²) in [5.41, 5.74) is -0.463. The largest absolute Gasteiger partial charge is 0.465 e. The SMILES string of the molecule is COC(=O)c1cc(C(=O)OCC2CC=CCC2C)cc([N+](=O)[O-])c1. The van der Waals surface area contributed by atoms with Gasteiger partial charge in [0.05, 0.1) is 29.8 Å². The van der Waals surface area contributed by atoms with Crippen LogP contribution in [-0.4, -0.2) is 30.6 Å². The number of benzene rings is 1. The van der Waals surface area contributed by atoms with Gasteiger partial charge in [-0.15, -0.1) is 0 Å². The molecule has 24 heavy (non-hydrogen) atoms. The van der Waals surface area contributed by atoms with Crippen molar-refractivity contribution in [2.24, 2.45) is 11.8 Å². The molecule has 1 aromatic carbocycles. The maximum Gasteiger partial charge on any atom is 0.338 e. The number of hydrogen-bond donors (Lipinski definition) is 0. The summed E-state index contributed by atoms with van der Waals surface area (Å²) in [5.74, 6) is -0.819. The van der Waals surface area contributed by atoms with Crippen LogP contribution in [0.3, 0.4) is 0 Å². The van der Waals surface area contributed by atoms with Crippen LogP contribution in [-0.2, 0) is 9.47 Å². The third-order valence-corrected chi connectivity index (χ3v) is 4.13. The van der Waals surface area contributed by atoms with E-state index in [0.29, 0.717) is 5.92 Å². The number of nitrogens with zero attached hydrogens (tertiary/aromatic N) is 1. The van der Waals surface area contributed by atoms with E-state index in [-0.39, 0.29) is 29.3 Å². The maximum atomic E-state index is 12.2. The van der Waals surface area contributed by atoms with Crippen LogP contribution in [0.5, 0.6) is 0 Å². The third kappa shape index (κ3) is 4.18. The van der Waals surface area contributed by atoms with Gasteiger partial charge in [-0.1, -0.05) is 19.1 Å². The zero-order chi connectivity index (χ0) is 17.7. The van der Waals surface area contributed by atoms with Crippen molar-refractivity contribution in [2.75, 3.05) is 13.7 Å². The van der Waals surface area contributed by atoms with E-state index in [1.807, 2.05) is 0 Å². The number of ether oxygens (including phenoxy) is 2. The van der Waals surface area contributed by atoms with Gasteiger partial charge in [0.25, 0.3) is 5.69 Å². The summed E-state index contributed by atoms with van der Waals surface area (Å²) in [6, 6.07) is 3.40. The van der Waals surface area contributed by atoms with Crippen LogP contribution in [0, 0.1) is 22.0 Å².